The lowest BCUT2D eigenvalue weighted by Crippen LogP contribution is -2.17. The molecule has 0 aliphatic rings. The van der Waals surface area contributed by atoms with Crippen molar-refractivity contribution in [3.05, 3.63) is 0 Å². The number of carboxylic acid groups (broad SMARTS) is 1. The molecule has 0 aromatic heterocycles. The van der Waals surface area contributed by atoms with E-state index < -0.39 is 5.97 Å². The minimum absolute atomic E-state index is 0.0592. The number of carboxylic acids is 1. The molecule has 0 amide bonds. The quantitative estimate of drug-likeness (QED) is 0.587. The predicted molar refractivity (Wildman–Crippen MR) is 70.0 cm³/mol. The lowest BCUT2D eigenvalue weighted by molar-refractivity contribution is -0.138. The molecule has 0 aliphatic carbocycles. The van der Waals surface area contributed by atoms with Gasteiger partial charge in [-0.05, 0) is 21.0 Å². The van der Waals surface area contributed by atoms with E-state index in [-0.39, 0.29) is 13.0 Å². The number of methoxy groups -OCH3 is 1. The number of aliphatic carboxylic acids is 1. The fraction of sp³-hybridized carbons (Fsp3) is 0.917. The number of likely N-dealkylation sites (N-methyl/N-ethyl adjacent to an activating group) is 1. The molecule has 0 radical (unpaired) electrons. The van der Waals surface area contributed by atoms with Crippen LogP contribution in [0.2, 0.25) is 0 Å². The molecule has 0 aromatic rings. The van der Waals surface area contributed by atoms with Crippen LogP contribution in [0, 0.1) is 0 Å². The first-order chi connectivity index (χ1) is 8.54. The Morgan fingerprint density at radius 3 is 2.22 bits per heavy atom. The Labute approximate surface area is 110 Å². The van der Waals surface area contributed by atoms with Crippen molar-refractivity contribution in [2.75, 3.05) is 60.8 Å². The van der Waals surface area contributed by atoms with Gasteiger partial charge in [-0.15, -0.1) is 0 Å². The average molecular weight is 265 g/mol. The van der Waals surface area contributed by atoms with Crippen molar-refractivity contribution in [3.8, 4) is 0 Å². The molecule has 0 saturated carbocycles. The van der Waals surface area contributed by atoms with Gasteiger partial charge in [0.15, 0.2) is 0 Å². The maximum atomic E-state index is 9.92. The molecule has 1 N–H and O–H groups in total. The second-order valence-electron chi connectivity index (χ2n) is 3.75. The summed E-state index contributed by atoms with van der Waals surface area (Å²) in [5.41, 5.74) is 0. The van der Waals surface area contributed by atoms with Gasteiger partial charge in [-0.25, -0.2) is 0 Å². The number of hydrogen-bond donors (Lipinski definition) is 1. The first-order valence-electron chi connectivity index (χ1n) is 6.05. The van der Waals surface area contributed by atoms with E-state index in [9.17, 15) is 4.79 Å². The molecule has 0 rings (SSSR count). The van der Waals surface area contributed by atoms with Crippen molar-refractivity contribution < 1.29 is 24.1 Å². The molecule has 0 fully saturated rings. The van der Waals surface area contributed by atoms with Crippen LogP contribution in [-0.2, 0) is 19.0 Å². The van der Waals surface area contributed by atoms with E-state index in [2.05, 4.69) is 9.64 Å². The molecule has 18 heavy (non-hydrogen) atoms. The summed E-state index contributed by atoms with van der Waals surface area (Å²) in [4.78, 5) is 12.0. The average Bonchev–Trinajstić information content (AvgIpc) is 2.29. The van der Waals surface area contributed by atoms with E-state index in [4.69, 9.17) is 14.6 Å². The minimum Gasteiger partial charge on any atom is -0.481 e. The van der Waals surface area contributed by atoms with Gasteiger partial charge in [-0.3, -0.25) is 4.79 Å². The van der Waals surface area contributed by atoms with Gasteiger partial charge in [-0.1, -0.05) is 0 Å². The van der Waals surface area contributed by atoms with E-state index in [1.807, 2.05) is 21.0 Å². The third-order valence-corrected chi connectivity index (χ3v) is 1.78. The van der Waals surface area contributed by atoms with E-state index in [0.717, 1.165) is 19.8 Å². The molecule has 0 atom stereocenters. The Kier molecular flexibility index (Phi) is 17.8. The van der Waals surface area contributed by atoms with Crippen molar-refractivity contribution in [2.45, 2.75) is 13.3 Å². The van der Waals surface area contributed by atoms with Crippen LogP contribution in [0.1, 0.15) is 13.3 Å². The number of hydrogen-bond acceptors (Lipinski definition) is 5. The van der Waals surface area contributed by atoms with Crippen LogP contribution in [0.25, 0.3) is 0 Å². The molecular weight excluding hydrogens is 238 g/mol. The van der Waals surface area contributed by atoms with Crippen molar-refractivity contribution in [1.29, 1.82) is 0 Å². The molecule has 6 nitrogen and oxygen atoms in total. The second kappa shape index (κ2) is 16.3. The summed E-state index contributed by atoms with van der Waals surface area (Å²) in [5, 5.41) is 8.16. The monoisotopic (exact) mass is 265 g/mol. The molecule has 0 aliphatic heterocycles. The van der Waals surface area contributed by atoms with E-state index in [1.54, 1.807) is 7.11 Å². The summed E-state index contributed by atoms with van der Waals surface area (Å²) in [7, 11) is 5.65. The summed E-state index contributed by atoms with van der Waals surface area (Å²) in [5.74, 6) is -0.836. The number of nitrogens with zero attached hydrogens (tertiary/aromatic N) is 1. The molecule has 0 spiro atoms. The SMILES string of the molecule is CCOCCN(C)C.COCCOCCC(=O)O. The van der Waals surface area contributed by atoms with Crippen LogP contribution < -0.4 is 0 Å². The highest BCUT2D eigenvalue weighted by Crippen LogP contribution is 1.82. The lowest BCUT2D eigenvalue weighted by Gasteiger charge is -2.07. The second-order valence-corrected chi connectivity index (χ2v) is 3.75. The Balaban J connectivity index is 0. The maximum absolute atomic E-state index is 9.92. The number of rotatable bonds is 10. The Morgan fingerprint density at radius 1 is 1.11 bits per heavy atom. The molecule has 0 unspecified atom stereocenters. The minimum atomic E-state index is -0.836. The third kappa shape index (κ3) is 24.5. The topological polar surface area (TPSA) is 68.2 Å². The Hall–Kier alpha value is -0.690. The van der Waals surface area contributed by atoms with Crippen molar-refractivity contribution in [3.63, 3.8) is 0 Å². The zero-order valence-corrected chi connectivity index (χ0v) is 12.0. The van der Waals surface area contributed by atoms with Crippen molar-refractivity contribution in [2.24, 2.45) is 0 Å². The van der Waals surface area contributed by atoms with Gasteiger partial charge in [-0.2, -0.15) is 0 Å². The third-order valence-electron chi connectivity index (χ3n) is 1.78. The summed E-state index contributed by atoms with van der Waals surface area (Å²) < 4.78 is 14.7. The fourth-order valence-electron chi connectivity index (χ4n) is 0.795. The fourth-order valence-corrected chi connectivity index (χ4v) is 0.795. The normalized spacial score (nSPS) is 10.1. The first kappa shape index (κ1) is 19.6. The predicted octanol–water partition coefficient (Wildman–Crippen LogP) is 0.709. The first-order valence-corrected chi connectivity index (χ1v) is 6.05. The largest absolute Gasteiger partial charge is 0.481 e. The lowest BCUT2D eigenvalue weighted by atomic mass is 10.5. The number of carbonyl (C=O) groups is 1. The van der Waals surface area contributed by atoms with E-state index >= 15 is 0 Å². The molecule has 0 bridgehead atoms. The van der Waals surface area contributed by atoms with Crippen LogP contribution in [0.5, 0.6) is 0 Å². The van der Waals surface area contributed by atoms with Crippen LogP contribution in [0.4, 0.5) is 0 Å². The molecule has 6 heteroatoms. The zero-order chi connectivity index (χ0) is 14.2. The van der Waals surface area contributed by atoms with Crippen LogP contribution in [-0.4, -0.2) is 76.8 Å². The molecule has 0 aromatic carbocycles. The highest BCUT2D eigenvalue weighted by atomic mass is 16.5. The van der Waals surface area contributed by atoms with Gasteiger partial charge >= 0.3 is 5.97 Å². The number of ether oxygens (including phenoxy) is 3. The zero-order valence-electron chi connectivity index (χ0n) is 12.0. The molecule has 0 saturated heterocycles. The highest BCUT2D eigenvalue weighted by Gasteiger charge is 1.94. The standard InChI is InChI=1S/C6H15NO.C6H12O4/c1-4-8-6-5-7(2)3;1-9-4-5-10-3-2-6(7)8/h4-6H2,1-3H3;2-5H2,1H3,(H,7,8). The molecular formula is C12H27NO5. The van der Waals surface area contributed by atoms with Gasteiger partial charge in [0.1, 0.15) is 0 Å². The van der Waals surface area contributed by atoms with Crippen LogP contribution in [0.3, 0.4) is 0 Å². The van der Waals surface area contributed by atoms with Gasteiger partial charge in [0.25, 0.3) is 0 Å². The summed E-state index contributed by atoms with van der Waals surface area (Å²) in [6, 6.07) is 0. The Bertz CT molecular complexity index is 176. The van der Waals surface area contributed by atoms with Gasteiger partial charge in [0, 0.05) is 20.3 Å². The van der Waals surface area contributed by atoms with Crippen LogP contribution >= 0.6 is 0 Å². The van der Waals surface area contributed by atoms with E-state index in [0.29, 0.717) is 13.2 Å². The maximum Gasteiger partial charge on any atom is 0.305 e. The summed E-state index contributed by atoms with van der Waals surface area (Å²) >= 11 is 0. The van der Waals surface area contributed by atoms with Crippen molar-refractivity contribution >= 4 is 5.97 Å². The Morgan fingerprint density at radius 2 is 1.78 bits per heavy atom. The summed E-state index contributed by atoms with van der Waals surface area (Å²) in [6.45, 7) is 5.95. The van der Waals surface area contributed by atoms with E-state index in [1.165, 1.54) is 0 Å². The molecule has 110 valence electrons. The highest BCUT2D eigenvalue weighted by molar-refractivity contribution is 5.66. The molecule has 0 heterocycles. The van der Waals surface area contributed by atoms with Gasteiger partial charge in [0.05, 0.1) is 32.8 Å². The van der Waals surface area contributed by atoms with Gasteiger partial charge in [0.2, 0.25) is 0 Å². The van der Waals surface area contributed by atoms with Gasteiger partial charge < -0.3 is 24.2 Å². The smallest absolute Gasteiger partial charge is 0.305 e. The van der Waals surface area contributed by atoms with Crippen LogP contribution in [0.15, 0.2) is 0 Å². The van der Waals surface area contributed by atoms with Crippen molar-refractivity contribution in [1.82, 2.24) is 4.90 Å². The summed E-state index contributed by atoms with van der Waals surface area (Å²) in [6.07, 6.45) is 0.0592.